The predicted molar refractivity (Wildman–Crippen MR) is 111 cm³/mol. The van der Waals surface area contributed by atoms with Crippen LogP contribution in [0, 0.1) is 21.4 Å². The number of para-hydroxylation sites is 1. The summed E-state index contributed by atoms with van der Waals surface area (Å²) in [5.41, 5.74) is 2.32. The molecule has 0 amide bonds. The number of rotatable bonds is 5. The number of fused-ring (bicyclic) bond motifs is 3. The smallest absolute Gasteiger partial charge is 0.273 e. The largest absolute Gasteiger partial charge is 0.339 e. The van der Waals surface area contributed by atoms with Crippen molar-refractivity contribution in [3.05, 3.63) is 93.3 Å². The van der Waals surface area contributed by atoms with Gasteiger partial charge < -0.3 is 4.57 Å². The minimum atomic E-state index is -0.491. The Hall–Kier alpha value is -4.18. The molecule has 0 aliphatic rings. The van der Waals surface area contributed by atoms with Crippen LogP contribution in [-0.4, -0.2) is 14.1 Å². The summed E-state index contributed by atoms with van der Waals surface area (Å²) in [5, 5.41) is 21.4. The number of aryl methyl sites for hydroxylation is 1. The number of pyridine rings is 1. The summed E-state index contributed by atoms with van der Waals surface area (Å²) >= 11 is 0. The summed E-state index contributed by atoms with van der Waals surface area (Å²) in [6.45, 7) is 4.43. The topological polar surface area (TPSA) is 93.9 Å². The van der Waals surface area contributed by atoms with E-state index in [-0.39, 0.29) is 11.3 Å². The van der Waals surface area contributed by atoms with Crippen molar-refractivity contribution in [2.24, 2.45) is 0 Å². The first-order valence-corrected chi connectivity index (χ1v) is 8.99. The number of hydrogen-bond donors (Lipinski definition) is 0. The van der Waals surface area contributed by atoms with E-state index in [4.69, 9.17) is 0 Å². The van der Waals surface area contributed by atoms with Gasteiger partial charge in [-0.1, -0.05) is 24.3 Å². The Bertz CT molecular complexity index is 1370. The maximum absolute atomic E-state index is 13.1. The summed E-state index contributed by atoms with van der Waals surface area (Å²) < 4.78 is 3.53. The van der Waals surface area contributed by atoms with E-state index in [0.29, 0.717) is 17.7 Å². The molecule has 0 aliphatic carbocycles. The molecule has 0 fully saturated rings. The molecule has 0 bridgehead atoms. The van der Waals surface area contributed by atoms with Crippen LogP contribution < -0.4 is 5.56 Å². The van der Waals surface area contributed by atoms with E-state index >= 15 is 0 Å². The lowest BCUT2D eigenvalue weighted by Crippen LogP contribution is -2.21. The van der Waals surface area contributed by atoms with Gasteiger partial charge in [-0.3, -0.25) is 19.5 Å². The predicted octanol–water partition coefficient (Wildman–Crippen LogP) is 4.30. The minimum Gasteiger partial charge on any atom is -0.339 e. The van der Waals surface area contributed by atoms with E-state index in [0.717, 1.165) is 22.8 Å². The summed E-state index contributed by atoms with van der Waals surface area (Å²) in [4.78, 5) is 23.6. The molecule has 4 aromatic rings. The van der Waals surface area contributed by atoms with Crippen molar-refractivity contribution in [1.29, 1.82) is 5.26 Å². The number of non-ortho nitro benzene ring substituents is 1. The fraction of sp³-hybridized carbons (Fsp3) is 0.0909. The zero-order chi connectivity index (χ0) is 20.5. The van der Waals surface area contributed by atoms with Gasteiger partial charge in [0.2, 0.25) is 0 Å². The number of aromatic nitrogens is 2. The highest BCUT2D eigenvalue weighted by atomic mass is 16.6. The molecule has 7 heteroatoms. The van der Waals surface area contributed by atoms with Gasteiger partial charge in [-0.15, -0.1) is 6.58 Å². The van der Waals surface area contributed by atoms with Gasteiger partial charge in [0, 0.05) is 29.8 Å². The van der Waals surface area contributed by atoms with Gasteiger partial charge in [0.05, 0.1) is 21.5 Å². The number of benzene rings is 2. The summed E-state index contributed by atoms with van der Waals surface area (Å²) in [5.74, 6) is 0. The standard InChI is InChI=1S/C22H16N4O3/c1-2-3-12-24-19-7-5-4-6-18(19)21-20(24)13-15(14-23)22(27)25(21)16-8-10-17(11-9-16)26(28)29/h2,4-11,13H,1,3,12H2. The quantitative estimate of drug-likeness (QED) is 0.291. The minimum absolute atomic E-state index is 0.0125. The monoisotopic (exact) mass is 384 g/mol. The SMILES string of the molecule is C=CCCn1c2ccccc2c2c1cc(C#N)c(=O)n2-c1ccc([N+](=O)[O-])cc1. The van der Waals surface area contributed by atoms with Crippen LogP contribution >= 0.6 is 0 Å². The highest BCUT2D eigenvalue weighted by Crippen LogP contribution is 2.31. The molecular weight excluding hydrogens is 368 g/mol. The van der Waals surface area contributed by atoms with Gasteiger partial charge >= 0.3 is 0 Å². The molecule has 2 aromatic carbocycles. The maximum Gasteiger partial charge on any atom is 0.273 e. The van der Waals surface area contributed by atoms with Crippen LogP contribution in [0.1, 0.15) is 12.0 Å². The van der Waals surface area contributed by atoms with E-state index in [2.05, 4.69) is 11.1 Å². The van der Waals surface area contributed by atoms with Gasteiger partial charge in [0.15, 0.2) is 0 Å². The van der Waals surface area contributed by atoms with E-state index in [9.17, 15) is 20.2 Å². The first-order valence-electron chi connectivity index (χ1n) is 8.99. The van der Waals surface area contributed by atoms with E-state index < -0.39 is 10.5 Å². The highest BCUT2D eigenvalue weighted by Gasteiger charge is 2.19. The Balaban J connectivity index is 2.14. The van der Waals surface area contributed by atoms with E-state index in [1.54, 1.807) is 6.07 Å². The Kier molecular flexibility index (Phi) is 4.45. The van der Waals surface area contributed by atoms with Crippen molar-refractivity contribution in [2.45, 2.75) is 13.0 Å². The third-order valence-electron chi connectivity index (χ3n) is 4.92. The van der Waals surface area contributed by atoms with Crippen LogP contribution in [0.2, 0.25) is 0 Å². The van der Waals surface area contributed by atoms with Gasteiger partial charge in [-0.2, -0.15) is 5.26 Å². The lowest BCUT2D eigenvalue weighted by atomic mass is 10.2. The first-order chi connectivity index (χ1) is 14.1. The molecule has 0 radical (unpaired) electrons. The molecular formula is C22H16N4O3. The van der Waals surface area contributed by atoms with Gasteiger partial charge in [-0.05, 0) is 30.7 Å². The fourth-order valence-electron chi connectivity index (χ4n) is 3.62. The Morgan fingerprint density at radius 3 is 2.52 bits per heavy atom. The molecule has 0 spiro atoms. The number of allylic oxidation sites excluding steroid dienone is 1. The molecule has 142 valence electrons. The van der Waals surface area contributed by atoms with Crippen LogP contribution in [-0.2, 0) is 6.54 Å². The average molecular weight is 384 g/mol. The second kappa shape index (κ2) is 7.09. The lowest BCUT2D eigenvalue weighted by molar-refractivity contribution is -0.384. The van der Waals surface area contributed by atoms with E-state index in [1.807, 2.05) is 36.4 Å². The summed E-state index contributed by atoms with van der Waals surface area (Å²) in [6, 6.07) is 17.0. The Morgan fingerprint density at radius 2 is 1.86 bits per heavy atom. The van der Waals surface area contributed by atoms with Crippen molar-refractivity contribution in [1.82, 2.24) is 9.13 Å². The molecule has 0 saturated carbocycles. The molecule has 0 unspecified atom stereocenters. The van der Waals surface area contributed by atoms with Crippen molar-refractivity contribution < 1.29 is 4.92 Å². The fourth-order valence-corrected chi connectivity index (χ4v) is 3.62. The van der Waals surface area contributed by atoms with Crippen molar-refractivity contribution in [2.75, 3.05) is 0 Å². The molecule has 0 saturated heterocycles. The molecule has 2 heterocycles. The normalized spacial score (nSPS) is 10.9. The Morgan fingerprint density at radius 1 is 1.14 bits per heavy atom. The molecule has 7 nitrogen and oxygen atoms in total. The third kappa shape index (κ3) is 2.87. The number of hydrogen-bond acceptors (Lipinski definition) is 4. The van der Waals surface area contributed by atoms with Gasteiger partial charge in [0.1, 0.15) is 11.6 Å². The van der Waals surface area contributed by atoms with Crippen molar-refractivity contribution in [3.8, 4) is 11.8 Å². The van der Waals surface area contributed by atoms with E-state index in [1.165, 1.54) is 28.8 Å². The zero-order valence-electron chi connectivity index (χ0n) is 15.4. The number of nitro groups is 1. The van der Waals surface area contributed by atoms with Crippen LogP contribution in [0.5, 0.6) is 0 Å². The number of nitrogens with zero attached hydrogens (tertiary/aromatic N) is 4. The van der Waals surface area contributed by atoms with Crippen LogP contribution in [0.3, 0.4) is 0 Å². The maximum atomic E-state index is 13.1. The second-order valence-electron chi connectivity index (χ2n) is 6.56. The van der Waals surface area contributed by atoms with Gasteiger partial charge in [0.25, 0.3) is 11.2 Å². The molecule has 0 atom stereocenters. The molecule has 4 rings (SSSR count). The van der Waals surface area contributed by atoms with Crippen molar-refractivity contribution in [3.63, 3.8) is 0 Å². The van der Waals surface area contributed by atoms with Crippen LogP contribution in [0.25, 0.3) is 27.6 Å². The highest BCUT2D eigenvalue weighted by molar-refractivity contribution is 6.07. The molecule has 0 N–H and O–H groups in total. The Labute approximate surface area is 165 Å². The zero-order valence-corrected chi connectivity index (χ0v) is 15.4. The number of nitro benzene ring substituents is 1. The first kappa shape index (κ1) is 18.2. The van der Waals surface area contributed by atoms with Crippen molar-refractivity contribution >= 4 is 27.6 Å². The molecule has 0 aliphatic heterocycles. The van der Waals surface area contributed by atoms with Crippen LogP contribution in [0.4, 0.5) is 5.69 Å². The number of nitriles is 1. The lowest BCUT2D eigenvalue weighted by Gasteiger charge is -2.10. The van der Waals surface area contributed by atoms with Crippen LogP contribution in [0.15, 0.2) is 72.0 Å². The summed E-state index contributed by atoms with van der Waals surface area (Å²) in [6.07, 6.45) is 2.55. The second-order valence-corrected chi connectivity index (χ2v) is 6.56. The average Bonchev–Trinajstić information content (AvgIpc) is 3.05. The van der Waals surface area contributed by atoms with Gasteiger partial charge in [-0.25, -0.2) is 0 Å². The molecule has 29 heavy (non-hydrogen) atoms. The third-order valence-corrected chi connectivity index (χ3v) is 4.92. The molecule has 2 aromatic heterocycles. The summed E-state index contributed by atoms with van der Waals surface area (Å²) in [7, 11) is 0.